The Kier molecular flexibility index (Phi) is 5.26. The summed E-state index contributed by atoms with van der Waals surface area (Å²) in [6.07, 6.45) is 5.94. The molecule has 35 heavy (non-hydrogen) atoms. The number of amides is 1. The van der Waals surface area contributed by atoms with Gasteiger partial charge in [-0.05, 0) is 52.7 Å². The van der Waals surface area contributed by atoms with Gasteiger partial charge in [0.1, 0.15) is 11.4 Å². The zero-order chi connectivity index (χ0) is 25.1. The molecule has 0 saturated heterocycles. The molecule has 0 radical (unpaired) electrons. The summed E-state index contributed by atoms with van der Waals surface area (Å²) in [7, 11) is 1.83. The van der Waals surface area contributed by atoms with E-state index in [1.54, 1.807) is 34.5 Å². The smallest absolute Gasteiger partial charge is 0.407 e. The lowest BCUT2D eigenvalue weighted by Gasteiger charge is -2.37. The van der Waals surface area contributed by atoms with Crippen LogP contribution in [0, 0.1) is 6.92 Å². The molecule has 1 aliphatic rings. The number of aromatic hydroxyl groups is 1. The van der Waals surface area contributed by atoms with E-state index >= 15 is 0 Å². The lowest BCUT2D eigenvalue weighted by Crippen LogP contribution is -2.48. The van der Waals surface area contributed by atoms with Crippen LogP contribution in [0.4, 0.5) is 4.79 Å². The van der Waals surface area contributed by atoms with E-state index in [1.807, 2.05) is 34.0 Å². The lowest BCUT2D eigenvalue weighted by molar-refractivity contribution is 0.0455. The first-order chi connectivity index (χ1) is 16.5. The molecule has 1 saturated carbocycles. The van der Waals surface area contributed by atoms with Crippen molar-refractivity contribution in [2.24, 2.45) is 7.05 Å². The summed E-state index contributed by atoms with van der Waals surface area (Å²) >= 11 is 0. The number of benzene rings is 1. The fourth-order valence-electron chi connectivity index (χ4n) is 4.48. The number of hydrogen-bond acceptors (Lipinski definition) is 7. The zero-order valence-electron chi connectivity index (χ0n) is 20.4. The fourth-order valence-corrected chi connectivity index (χ4v) is 4.48. The first-order valence-corrected chi connectivity index (χ1v) is 11.5. The Morgan fingerprint density at radius 1 is 1.29 bits per heavy atom. The van der Waals surface area contributed by atoms with Gasteiger partial charge in [0.25, 0.3) is 5.56 Å². The number of fused-ring (bicyclic) bond motifs is 2. The third kappa shape index (κ3) is 4.20. The minimum absolute atomic E-state index is 0.0220. The second kappa shape index (κ2) is 8.07. The molecule has 182 valence electrons. The molecule has 5 rings (SSSR count). The number of aryl methyl sites for hydroxylation is 2. The summed E-state index contributed by atoms with van der Waals surface area (Å²) in [5, 5.41) is 19.3. The minimum Gasteiger partial charge on any atom is -0.507 e. The van der Waals surface area contributed by atoms with E-state index in [2.05, 4.69) is 20.4 Å². The molecule has 1 fully saturated rings. The van der Waals surface area contributed by atoms with Gasteiger partial charge >= 0.3 is 6.09 Å². The third-order valence-electron chi connectivity index (χ3n) is 6.27. The highest BCUT2D eigenvalue weighted by Crippen LogP contribution is 2.36. The number of ether oxygens (including phenoxy) is 1. The molecule has 10 heteroatoms. The van der Waals surface area contributed by atoms with Crippen LogP contribution in [-0.4, -0.2) is 47.2 Å². The number of aromatic nitrogens is 5. The van der Waals surface area contributed by atoms with Crippen LogP contribution in [0.2, 0.25) is 0 Å². The van der Waals surface area contributed by atoms with Crippen LogP contribution in [0.5, 0.6) is 5.75 Å². The van der Waals surface area contributed by atoms with E-state index in [0.29, 0.717) is 40.7 Å². The molecule has 1 amide bonds. The predicted molar refractivity (Wildman–Crippen MR) is 131 cm³/mol. The highest BCUT2D eigenvalue weighted by Gasteiger charge is 2.33. The van der Waals surface area contributed by atoms with Gasteiger partial charge < -0.3 is 19.7 Å². The van der Waals surface area contributed by atoms with Crippen LogP contribution < -0.4 is 10.9 Å². The Labute approximate surface area is 201 Å². The molecular weight excluding hydrogens is 448 g/mol. The van der Waals surface area contributed by atoms with Gasteiger partial charge in [-0.3, -0.25) is 9.48 Å². The fraction of sp³-hybridized carbons (Fsp3) is 0.400. The van der Waals surface area contributed by atoms with E-state index < -0.39 is 11.7 Å². The first-order valence-electron chi connectivity index (χ1n) is 11.5. The van der Waals surface area contributed by atoms with Crippen molar-refractivity contribution in [2.45, 2.75) is 58.2 Å². The monoisotopic (exact) mass is 476 g/mol. The van der Waals surface area contributed by atoms with Crippen molar-refractivity contribution >= 4 is 27.9 Å². The number of phenolic OH excluding ortho intramolecular Hbond substituents is 1. The standard InChI is InChI=1S/C25H28N6O4/c1-13-20-14(12-30(5)29-20)8-17(21(13)32)22-26-11-18-19(28-22)6-7-31(23(18)33)16-9-15(10-16)27-24(34)35-25(2,3)4/h6-8,11-12,15-16,32H,9-10H2,1-5H3,(H,27,34). The normalized spacial score (nSPS) is 18.0. The molecule has 2 N–H and O–H groups in total. The largest absolute Gasteiger partial charge is 0.507 e. The van der Waals surface area contributed by atoms with Crippen molar-refractivity contribution in [3.8, 4) is 17.1 Å². The van der Waals surface area contributed by atoms with Gasteiger partial charge in [-0.25, -0.2) is 14.8 Å². The van der Waals surface area contributed by atoms with Crippen LogP contribution in [0.1, 0.15) is 45.2 Å². The number of hydrogen-bond donors (Lipinski definition) is 2. The molecule has 4 aromatic rings. The topological polar surface area (TPSA) is 124 Å². The number of rotatable bonds is 3. The van der Waals surface area contributed by atoms with Crippen molar-refractivity contribution in [1.29, 1.82) is 0 Å². The highest BCUT2D eigenvalue weighted by molar-refractivity contribution is 5.90. The SMILES string of the molecule is Cc1c(O)c(-c2ncc3c(=O)n(C4CC(NC(=O)OC(C)(C)C)C4)ccc3n2)cc2cn(C)nc12. The number of nitrogens with zero attached hydrogens (tertiary/aromatic N) is 5. The zero-order valence-corrected chi connectivity index (χ0v) is 20.4. The summed E-state index contributed by atoms with van der Waals surface area (Å²) in [6.45, 7) is 7.26. The van der Waals surface area contributed by atoms with Gasteiger partial charge in [-0.2, -0.15) is 5.10 Å². The number of nitrogens with one attached hydrogen (secondary N) is 1. The lowest BCUT2D eigenvalue weighted by atomic mass is 9.86. The molecular formula is C25H28N6O4. The molecule has 0 aliphatic heterocycles. The molecule has 0 bridgehead atoms. The molecule has 3 heterocycles. The van der Waals surface area contributed by atoms with Gasteiger partial charge in [-0.1, -0.05) is 0 Å². The first kappa shape index (κ1) is 22.8. The average molecular weight is 477 g/mol. The molecule has 3 aromatic heterocycles. The van der Waals surface area contributed by atoms with Crippen LogP contribution in [-0.2, 0) is 11.8 Å². The summed E-state index contributed by atoms with van der Waals surface area (Å²) in [5.74, 6) is 0.410. The second-order valence-electron chi connectivity index (χ2n) is 10.1. The van der Waals surface area contributed by atoms with Crippen LogP contribution >= 0.6 is 0 Å². The molecule has 10 nitrogen and oxygen atoms in total. The van der Waals surface area contributed by atoms with Crippen LogP contribution in [0.25, 0.3) is 33.2 Å². The maximum absolute atomic E-state index is 13.1. The summed E-state index contributed by atoms with van der Waals surface area (Å²) < 4.78 is 8.66. The van der Waals surface area contributed by atoms with E-state index in [4.69, 9.17) is 4.74 Å². The van der Waals surface area contributed by atoms with Crippen molar-refractivity contribution < 1.29 is 14.6 Å². The predicted octanol–water partition coefficient (Wildman–Crippen LogP) is 3.59. The minimum atomic E-state index is -0.555. The quantitative estimate of drug-likeness (QED) is 0.463. The van der Waals surface area contributed by atoms with Gasteiger partial charge in [0.15, 0.2) is 5.82 Å². The second-order valence-corrected chi connectivity index (χ2v) is 10.1. The number of phenols is 1. The third-order valence-corrected chi connectivity index (χ3v) is 6.27. The molecule has 0 unspecified atom stereocenters. The Hall–Kier alpha value is -3.95. The van der Waals surface area contributed by atoms with Crippen molar-refractivity contribution in [3.05, 3.63) is 46.6 Å². The van der Waals surface area contributed by atoms with E-state index in [9.17, 15) is 14.7 Å². The summed E-state index contributed by atoms with van der Waals surface area (Å²) in [5.41, 5.74) is 1.62. The maximum Gasteiger partial charge on any atom is 0.407 e. The number of carbonyl (C=O) groups is 1. The number of alkyl carbamates (subject to hydrolysis) is 1. The van der Waals surface area contributed by atoms with Crippen molar-refractivity contribution in [3.63, 3.8) is 0 Å². The van der Waals surface area contributed by atoms with E-state index in [0.717, 1.165) is 10.9 Å². The highest BCUT2D eigenvalue weighted by atomic mass is 16.6. The summed E-state index contributed by atoms with van der Waals surface area (Å²) in [6, 6.07) is 3.53. The Morgan fingerprint density at radius 2 is 2.03 bits per heavy atom. The molecule has 0 atom stereocenters. The van der Waals surface area contributed by atoms with Crippen LogP contribution in [0.15, 0.2) is 35.5 Å². The van der Waals surface area contributed by atoms with E-state index in [1.165, 1.54) is 6.20 Å². The van der Waals surface area contributed by atoms with Crippen molar-refractivity contribution in [2.75, 3.05) is 0 Å². The maximum atomic E-state index is 13.1. The van der Waals surface area contributed by atoms with E-state index in [-0.39, 0.29) is 23.4 Å². The molecule has 0 spiro atoms. The Balaban J connectivity index is 1.39. The van der Waals surface area contributed by atoms with Crippen LogP contribution in [0.3, 0.4) is 0 Å². The summed E-state index contributed by atoms with van der Waals surface area (Å²) in [4.78, 5) is 34.1. The van der Waals surface area contributed by atoms with Gasteiger partial charge in [0.05, 0.1) is 22.0 Å². The van der Waals surface area contributed by atoms with Gasteiger partial charge in [-0.15, -0.1) is 0 Å². The van der Waals surface area contributed by atoms with Gasteiger partial charge in [0, 0.05) is 48.7 Å². The number of carbonyl (C=O) groups excluding carboxylic acids is 1. The number of pyridine rings is 1. The molecule has 1 aliphatic carbocycles. The van der Waals surface area contributed by atoms with Gasteiger partial charge in [0.2, 0.25) is 0 Å². The molecule has 1 aromatic carbocycles. The Morgan fingerprint density at radius 3 is 2.74 bits per heavy atom. The van der Waals surface area contributed by atoms with Crippen molar-refractivity contribution in [1.82, 2.24) is 29.6 Å². The Bertz CT molecular complexity index is 1530. The average Bonchev–Trinajstić information content (AvgIpc) is 3.13.